The van der Waals surface area contributed by atoms with Crippen molar-refractivity contribution in [1.29, 1.82) is 0 Å². The zero-order valence-corrected chi connectivity index (χ0v) is 23.0. The van der Waals surface area contributed by atoms with Gasteiger partial charge in [0, 0.05) is 5.60 Å². The molecule has 10 unspecified atom stereocenters. The summed E-state index contributed by atoms with van der Waals surface area (Å²) >= 11 is 0. The lowest BCUT2D eigenvalue weighted by atomic mass is 9.63. The van der Waals surface area contributed by atoms with Gasteiger partial charge in [-0.3, -0.25) is 0 Å². The minimum Gasteiger partial charge on any atom is -0.403 e. The molecule has 35 heavy (non-hydrogen) atoms. The molecule has 0 aliphatic heterocycles. The summed E-state index contributed by atoms with van der Waals surface area (Å²) in [6, 6.07) is 0.0747. The third kappa shape index (κ3) is 4.51. The molecule has 4 fully saturated rings. The molecule has 0 amide bonds. The Morgan fingerprint density at radius 2 is 1.20 bits per heavy atom. The van der Waals surface area contributed by atoms with Gasteiger partial charge in [-0.1, -0.05) is 20.8 Å². The van der Waals surface area contributed by atoms with Crippen molar-refractivity contribution in [1.82, 2.24) is 0 Å². The third-order valence-electron chi connectivity index (χ3n) is 10.1. The Kier molecular flexibility index (Phi) is 6.43. The van der Waals surface area contributed by atoms with Crippen LogP contribution in [-0.4, -0.2) is 36.6 Å². The molecule has 0 radical (unpaired) electrons. The molecule has 0 aromatic carbocycles. The van der Waals surface area contributed by atoms with E-state index in [4.69, 9.17) is 4.43 Å². The van der Waals surface area contributed by atoms with Gasteiger partial charge in [0.15, 0.2) is 5.60 Å². The number of alkyl halides is 6. The van der Waals surface area contributed by atoms with E-state index in [1.165, 1.54) is 0 Å². The van der Waals surface area contributed by atoms with Crippen LogP contribution in [0.5, 0.6) is 0 Å². The van der Waals surface area contributed by atoms with Crippen molar-refractivity contribution in [3.05, 3.63) is 0 Å². The predicted molar refractivity (Wildman–Crippen MR) is 125 cm³/mol. The first-order valence-corrected chi connectivity index (χ1v) is 15.3. The molecule has 0 spiro atoms. The molecular formula is C26H42F6O2Si. The second kappa shape index (κ2) is 8.11. The number of hydrogen-bond donors (Lipinski definition) is 1. The standard InChI is InChI=1S/C26H42F6O2Si/c1-22(2,3)34-35(23(4,5)6,26(30,31)32)13-17-9-15-11-19(17)21-14-8-16(18(10-14)20(15)21)12-24(7,33)25(27,28)29/h14-21,33H,8-13H2,1-7H3. The number of fused-ring (bicyclic) bond motifs is 9. The van der Waals surface area contributed by atoms with E-state index in [1.807, 2.05) is 0 Å². The molecular weight excluding hydrogens is 486 g/mol. The molecule has 0 saturated heterocycles. The van der Waals surface area contributed by atoms with E-state index >= 15 is 0 Å². The molecule has 9 heteroatoms. The molecule has 4 rings (SSSR count). The zero-order chi connectivity index (χ0) is 26.6. The van der Waals surface area contributed by atoms with E-state index in [-0.39, 0.29) is 48.0 Å². The summed E-state index contributed by atoms with van der Waals surface area (Å²) in [6.45, 7) is 11.0. The van der Waals surface area contributed by atoms with Gasteiger partial charge >= 0.3 is 20.3 Å². The maximum Gasteiger partial charge on any atom is 0.416 e. The van der Waals surface area contributed by atoms with E-state index in [0.29, 0.717) is 18.3 Å². The van der Waals surface area contributed by atoms with Crippen LogP contribution in [-0.2, 0) is 4.43 Å². The number of hydrogen-bond acceptors (Lipinski definition) is 2. The van der Waals surface area contributed by atoms with Crippen molar-refractivity contribution in [2.75, 3.05) is 0 Å². The van der Waals surface area contributed by atoms with Crippen molar-refractivity contribution < 1.29 is 35.9 Å². The SMILES string of the molecule is CC(C)(C)O[Si](CC1CC2CC1C1C3CC(CC(C)(O)C(F)(F)F)C(C3)C21)(C(C)(C)C)C(F)(F)F. The maximum atomic E-state index is 14.8. The predicted octanol–water partition coefficient (Wildman–Crippen LogP) is 7.90. The van der Waals surface area contributed by atoms with E-state index < -0.39 is 36.5 Å². The monoisotopic (exact) mass is 528 g/mol. The number of halogens is 6. The fraction of sp³-hybridized carbons (Fsp3) is 1.00. The van der Waals surface area contributed by atoms with E-state index in [2.05, 4.69) is 0 Å². The number of aliphatic hydroxyl groups is 1. The normalized spacial score (nSPS) is 40.6. The first kappa shape index (κ1) is 27.7. The third-order valence-corrected chi connectivity index (χ3v) is 15.5. The van der Waals surface area contributed by atoms with Crippen molar-refractivity contribution >= 4 is 8.32 Å². The van der Waals surface area contributed by atoms with Crippen LogP contribution in [0.15, 0.2) is 0 Å². The van der Waals surface area contributed by atoms with Gasteiger partial charge in [0.1, 0.15) is 0 Å². The van der Waals surface area contributed by atoms with Gasteiger partial charge in [-0.25, -0.2) is 0 Å². The van der Waals surface area contributed by atoms with Crippen LogP contribution in [0.25, 0.3) is 0 Å². The highest BCUT2D eigenvalue weighted by atomic mass is 28.4. The quantitative estimate of drug-likeness (QED) is 0.223. The molecule has 0 heterocycles. The lowest BCUT2D eigenvalue weighted by Gasteiger charge is -2.50. The fourth-order valence-electron chi connectivity index (χ4n) is 8.96. The van der Waals surface area contributed by atoms with Crippen molar-refractivity contribution in [2.45, 2.75) is 115 Å². The molecule has 4 aliphatic rings. The van der Waals surface area contributed by atoms with Crippen LogP contribution >= 0.6 is 0 Å². The second-order valence-corrected chi connectivity index (χ2v) is 18.8. The van der Waals surface area contributed by atoms with Gasteiger partial charge in [-0.05, 0) is 118 Å². The molecule has 1 N–H and O–H groups in total. The van der Waals surface area contributed by atoms with E-state index in [1.54, 1.807) is 41.5 Å². The Balaban J connectivity index is 1.54. The summed E-state index contributed by atoms with van der Waals surface area (Å²) in [7, 11) is -4.23. The average Bonchev–Trinajstić information content (AvgIpc) is 3.34. The van der Waals surface area contributed by atoms with Gasteiger partial charge in [0.2, 0.25) is 0 Å². The summed E-state index contributed by atoms with van der Waals surface area (Å²) in [5, 5.41) is 9.07. The van der Waals surface area contributed by atoms with E-state index in [0.717, 1.165) is 26.2 Å². The van der Waals surface area contributed by atoms with Gasteiger partial charge in [-0.2, -0.15) is 26.3 Å². The zero-order valence-electron chi connectivity index (χ0n) is 22.0. The summed E-state index contributed by atoms with van der Waals surface area (Å²) in [4.78, 5) is 0. The Morgan fingerprint density at radius 1 is 0.743 bits per heavy atom. The average molecular weight is 529 g/mol. The smallest absolute Gasteiger partial charge is 0.403 e. The first-order valence-electron chi connectivity index (χ1n) is 13.1. The topological polar surface area (TPSA) is 29.5 Å². The molecule has 0 aromatic heterocycles. The van der Waals surface area contributed by atoms with Gasteiger partial charge in [0.05, 0.1) is 0 Å². The Labute approximate surface area is 206 Å². The minimum atomic E-state index is -4.65. The fourth-order valence-corrected chi connectivity index (χ4v) is 13.4. The van der Waals surface area contributed by atoms with Crippen molar-refractivity contribution in [3.63, 3.8) is 0 Å². The summed E-state index contributed by atoms with van der Waals surface area (Å²) in [6.07, 6.45) is -1.76. The summed E-state index contributed by atoms with van der Waals surface area (Å²) in [5.74, 6) is -3.00. The van der Waals surface area contributed by atoms with Gasteiger partial charge < -0.3 is 9.53 Å². The largest absolute Gasteiger partial charge is 0.416 e. The number of rotatable bonds is 5. The highest BCUT2D eigenvalue weighted by Crippen LogP contribution is 2.72. The van der Waals surface area contributed by atoms with Gasteiger partial charge in [-0.15, -0.1) is 0 Å². The molecule has 4 bridgehead atoms. The minimum absolute atomic E-state index is 0.0350. The molecule has 4 saturated carbocycles. The lowest BCUT2D eigenvalue weighted by molar-refractivity contribution is -0.260. The van der Waals surface area contributed by atoms with Crippen LogP contribution in [0.4, 0.5) is 26.3 Å². The van der Waals surface area contributed by atoms with Crippen LogP contribution in [0.2, 0.25) is 11.1 Å². The summed E-state index contributed by atoms with van der Waals surface area (Å²) < 4.78 is 90.6. The Morgan fingerprint density at radius 3 is 1.60 bits per heavy atom. The highest BCUT2D eigenvalue weighted by Gasteiger charge is 2.71. The van der Waals surface area contributed by atoms with Crippen LogP contribution in [0.1, 0.15) is 80.6 Å². The molecule has 4 aliphatic carbocycles. The van der Waals surface area contributed by atoms with E-state index in [9.17, 15) is 31.4 Å². The lowest BCUT2D eigenvalue weighted by Crippen LogP contribution is -2.63. The molecule has 2 nitrogen and oxygen atoms in total. The molecule has 10 atom stereocenters. The Hall–Kier alpha value is -0.283. The highest BCUT2D eigenvalue weighted by molar-refractivity contribution is 6.78. The van der Waals surface area contributed by atoms with Crippen LogP contribution in [0.3, 0.4) is 0 Å². The molecule has 204 valence electrons. The van der Waals surface area contributed by atoms with Crippen LogP contribution < -0.4 is 0 Å². The second-order valence-electron chi connectivity index (χ2n) is 14.4. The van der Waals surface area contributed by atoms with Crippen molar-refractivity contribution in [3.8, 4) is 0 Å². The van der Waals surface area contributed by atoms with Crippen LogP contribution in [0, 0.1) is 47.3 Å². The molecule has 0 aromatic rings. The first-order chi connectivity index (χ1) is 15.6. The Bertz CT molecular complexity index is 795. The maximum absolute atomic E-state index is 14.8. The van der Waals surface area contributed by atoms with Crippen molar-refractivity contribution in [2.24, 2.45) is 47.3 Å². The van der Waals surface area contributed by atoms with Gasteiger partial charge in [0.25, 0.3) is 0 Å². The summed E-state index contributed by atoms with van der Waals surface area (Å²) in [5.41, 5.74) is -3.59.